The molecule has 0 aromatic heterocycles. The summed E-state index contributed by atoms with van der Waals surface area (Å²) in [7, 11) is 1.42. The van der Waals surface area contributed by atoms with E-state index in [1.165, 1.54) is 19.3 Å². The number of halogens is 4. The molecule has 1 atom stereocenters. The van der Waals surface area contributed by atoms with Crippen LogP contribution in [0.1, 0.15) is 43.5 Å². The van der Waals surface area contributed by atoms with Gasteiger partial charge in [0.1, 0.15) is 5.75 Å². The average molecular weight is 462 g/mol. The fourth-order valence-electron chi connectivity index (χ4n) is 3.43. The van der Waals surface area contributed by atoms with Crippen LogP contribution in [0.5, 0.6) is 5.75 Å². The number of carbonyl (C=O) groups is 1. The lowest BCUT2D eigenvalue weighted by Gasteiger charge is -2.32. The van der Waals surface area contributed by atoms with Gasteiger partial charge in [-0.2, -0.15) is 13.2 Å². The molecule has 4 nitrogen and oxygen atoms in total. The van der Waals surface area contributed by atoms with Crippen LogP contribution in [0.2, 0.25) is 5.02 Å². The van der Waals surface area contributed by atoms with Crippen molar-refractivity contribution in [1.82, 2.24) is 4.90 Å². The van der Waals surface area contributed by atoms with Gasteiger partial charge >= 0.3 is 6.18 Å². The molecule has 3 rings (SSSR count). The number of aliphatic hydroxyl groups is 1. The number of hydrogen-bond donors (Lipinski definition) is 1. The molecule has 1 heterocycles. The Morgan fingerprint density at radius 1 is 1.40 bits per heavy atom. The molecule has 1 aromatic carbocycles. The summed E-state index contributed by atoms with van der Waals surface area (Å²) < 4.78 is 45.7. The number of thioether (sulfide) groups is 1. The van der Waals surface area contributed by atoms with Gasteiger partial charge in [0, 0.05) is 23.3 Å². The Morgan fingerprint density at radius 3 is 2.60 bits per heavy atom. The molecule has 1 saturated carbocycles. The molecule has 1 unspecified atom stereocenters. The average Bonchev–Trinajstić information content (AvgIpc) is 2.93. The minimum Gasteiger partial charge on any atom is -0.496 e. The van der Waals surface area contributed by atoms with Crippen LogP contribution >= 0.6 is 23.4 Å². The van der Waals surface area contributed by atoms with E-state index < -0.39 is 17.6 Å². The second kappa shape index (κ2) is 8.48. The van der Waals surface area contributed by atoms with E-state index in [1.54, 1.807) is 24.0 Å². The molecule has 2 aliphatic rings. The number of allylic oxidation sites excluding steroid dienone is 2. The van der Waals surface area contributed by atoms with Crippen LogP contribution in [-0.4, -0.2) is 41.2 Å². The van der Waals surface area contributed by atoms with Crippen molar-refractivity contribution in [1.29, 1.82) is 0 Å². The number of ether oxygens (including phenoxy) is 1. The van der Waals surface area contributed by atoms with Crippen LogP contribution < -0.4 is 4.74 Å². The topological polar surface area (TPSA) is 49.8 Å². The fraction of sp³-hybridized carbons (Fsp3) is 0.476. The Labute approximate surface area is 182 Å². The zero-order valence-corrected chi connectivity index (χ0v) is 18.4. The molecule has 1 aromatic rings. The standard InChI is InChI=1S/C21H23ClF3NO3S/c1-12-19(20(2,28)21(23,24)25)30-18(26(12)11-13-5-4-6-13)10-16(27)15-9-14(22)7-8-17(15)29-3/h7-10,13,28H,4-6,11H2,1-3H3. The van der Waals surface area contributed by atoms with Crippen molar-refractivity contribution >= 4 is 29.1 Å². The highest BCUT2D eigenvalue weighted by molar-refractivity contribution is 8.07. The number of nitrogens with zero attached hydrogens (tertiary/aromatic N) is 1. The summed E-state index contributed by atoms with van der Waals surface area (Å²) in [4.78, 5) is 14.4. The Morgan fingerprint density at radius 2 is 2.07 bits per heavy atom. The Kier molecular flexibility index (Phi) is 6.51. The normalized spacial score (nSPS) is 21.1. The van der Waals surface area contributed by atoms with Gasteiger partial charge in [0.25, 0.3) is 0 Å². The smallest absolute Gasteiger partial charge is 0.421 e. The van der Waals surface area contributed by atoms with Crippen molar-refractivity contribution in [2.45, 2.75) is 44.9 Å². The van der Waals surface area contributed by atoms with Gasteiger partial charge in [-0.1, -0.05) is 29.8 Å². The number of methoxy groups -OCH3 is 1. The predicted molar refractivity (Wildman–Crippen MR) is 111 cm³/mol. The van der Waals surface area contributed by atoms with Crippen LogP contribution in [0.4, 0.5) is 13.2 Å². The van der Waals surface area contributed by atoms with Crippen LogP contribution in [0.3, 0.4) is 0 Å². The molecule has 9 heteroatoms. The zero-order chi connectivity index (χ0) is 22.3. The molecular weight excluding hydrogens is 439 g/mol. The molecule has 1 aliphatic heterocycles. The highest BCUT2D eigenvalue weighted by Crippen LogP contribution is 2.51. The van der Waals surface area contributed by atoms with Crippen molar-refractivity contribution in [3.05, 3.63) is 50.5 Å². The molecule has 1 aliphatic carbocycles. The van der Waals surface area contributed by atoms with Gasteiger partial charge in [0.2, 0.25) is 0 Å². The van der Waals surface area contributed by atoms with Crippen molar-refractivity contribution in [3.8, 4) is 5.75 Å². The number of benzene rings is 1. The lowest BCUT2D eigenvalue weighted by molar-refractivity contribution is -0.234. The first kappa shape index (κ1) is 23.0. The maximum Gasteiger partial charge on any atom is 0.421 e. The second-order valence-corrected chi connectivity index (χ2v) is 9.15. The van der Waals surface area contributed by atoms with Crippen LogP contribution in [-0.2, 0) is 0 Å². The third kappa shape index (κ3) is 4.36. The molecule has 0 radical (unpaired) electrons. The summed E-state index contributed by atoms with van der Waals surface area (Å²) in [5.41, 5.74) is -2.48. The Hall–Kier alpha value is -1.64. The molecule has 0 bridgehead atoms. The van der Waals surface area contributed by atoms with E-state index in [0.29, 0.717) is 34.0 Å². The highest BCUT2D eigenvalue weighted by Gasteiger charge is 2.55. The Bertz CT molecular complexity index is 907. The molecule has 1 fully saturated rings. The first-order valence-corrected chi connectivity index (χ1v) is 10.7. The first-order valence-electron chi connectivity index (χ1n) is 9.51. The third-order valence-corrected chi connectivity index (χ3v) is 7.23. The van der Waals surface area contributed by atoms with Crippen molar-refractivity contribution in [2.24, 2.45) is 5.92 Å². The summed E-state index contributed by atoms with van der Waals surface area (Å²) in [6, 6.07) is 4.61. The van der Waals surface area contributed by atoms with E-state index in [-0.39, 0.29) is 10.5 Å². The summed E-state index contributed by atoms with van der Waals surface area (Å²) in [6.07, 6.45) is -0.486. The Balaban J connectivity index is 1.99. The summed E-state index contributed by atoms with van der Waals surface area (Å²) in [6.45, 7) is 2.79. The van der Waals surface area contributed by atoms with Gasteiger partial charge in [-0.3, -0.25) is 4.79 Å². The minimum absolute atomic E-state index is 0.216. The van der Waals surface area contributed by atoms with Gasteiger partial charge in [-0.25, -0.2) is 0 Å². The van der Waals surface area contributed by atoms with E-state index in [0.717, 1.165) is 37.9 Å². The monoisotopic (exact) mass is 461 g/mol. The number of alkyl halides is 3. The minimum atomic E-state index is -4.84. The molecule has 0 amide bonds. The van der Waals surface area contributed by atoms with Gasteiger partial charge < -0.3 is 14.7 Å². The van der Waals surface area contributed by atoms with E-state index in [9.17, 15) is 23.1 Å². The van der Waals surface area contributed by atoms with Crippen LogP contribution in [0.15, 0.2) is 39.9 Å². The highest BCUT2D eigenvalue weighted by atomic mass is 35.5. The number of hydrogen-bond acceptors (Lipinski definition) is 5. The quantitative estimate of drug-likeness (QED) is 0.430. The van der Waals surface area contributed by atoms with Crippen molar-refractivity contribution in [3.63, 3.8) is 0 Å². The molecular formula is C21H23ClF3NO3S. The molecule has 0 spiro atoms. The van der Waals surface area contributed by atoms with Crippen LogP contribution in [0.25, 0.3) is 0 Å². The summed E-state index contributed by atoms with van der Waals surface area (Å²) in [5, 5.41) is 10.9. The largest absolute Gasteiger partial charge is 0.496 e. The fourth-order valence-corrected chi connectivity index (χ4v) is 4.87. The van der Waals surface area contributed by atoms with Gasteiger partial charge in [0.15, 0.2) is 11.4 Å². The predicted octanol–water partition coefficient (Wildman–Crippen LogP) is 5.77. The van der Waals surface area contributed by atoms with E-state index in [2.05, 4.69) is 0 Å². The van der Waals surface area contributed by atoms with E-state index in [4.69, 9.17) is 16.3 Å². The maximum absolute atomic E-state index is 13.5. The lowest BCUT2D eigenvalue weighted by Crippen LogP contribution is -2.43. The second-order valence-electron chi connectivity index (χ2n) is 7.69. The van der Waals surface area contributed by atoms with Gasteiger partial charge in [-0.05, 0) is 50.8 Å². The van der Waals surface area contributed by atoms with E-state index in [1.807, 2.05) is 0 Å². The molecule has 0 saturated heterocycles. The first-order chi connectivity index (χ1) is 14.0. The lowest BCUT2D eigenvalue weighted by atomic mass is 9.85. The zero-order valence-electron chi connectivity index (χ0n) is 16.8. The third-order valence-electron chi connectivity index (χ3n) is 5.55. The number of carbonyl (C=O) groups excluding carboxylic acids is 1. The summed E-state index contributed by atoms with van der Waals surface area (Å²) >= 11 is 6.78. The van der Waals surface area contributed by atoms with Gasteiger partial charge in [0.05, 0.1) is 22.6 Å². The molecule has 30 heavy (non-hydrogen) atoms. The van der Waals surface area contributed by atoms with Crippen molar-refractivity contribution < 1.29 is 27.8 Å². The maximum atomic E-state index is 13.5. The van der Waals surface area contributed by atoms with Gasteiger partial charge in [-0.15, -0.1) is 0 Å². The SMILES string of the molecule is COc1ccc(Cl)cc1C(=O)C=C1SC(C(C)(O)C(F)(F)F)=C(C)N1CC1CCC1. The molecule has 1 N–H and O–H groups in total. The summed E-state index contributed by atoms with van der Waals surface area (Å²) in [5.74, 6) is 0.230. The van der Waals surface area contributed by atoms with Crippen LogP contribution in [0, 0.1) is 5.92 Å². The van der Waals surface area contributed by atoms with Crippen molar-refractivity contribution in [2.75, 3.05) is 13.7 Å². The number of ketones is 1. The number of rotatable bonds is 6. The van der Waals surface area contributed by atoms with E-state index >= 15 is 0 Å². The molecule has 164 valence electrons.